The molecule has 2 aromatic carbocycles. The number of aryl methyl sites for hydroxylation is 1. The summed E-state index contributed by atoms with van der Waals surface area (Å²) < 4.78 is 30.1. The van der Waals surface area contributed by atoms with Crippen molar-refractivity contribution in [2.45, 2.75) is 49.2 Å². The number of rotatable bonds is 4. The molecule has 0 unspecified atom stereocenters. The monoisotopic (exact) mass is 346 g/mol. The van der Waals surface area contributed by atoms with Crippen molar-refractivity contribution in [3.05, 3.63) is 65.7 Å². The molecule has 0 amide bonds. The van der Waals surface area contributed by atoms with Gasteiger partial charge in [0.25, 0.3) is 10.1 Å². The maximum absolute atomic E-state index is 12.4. The summed E-state index contributed by atoms with van der Waals surface area (Å²) in [5, 5.41) is 10.8. The third kappa shape index (κ3) is 3.69. The fourth-order valence-electron chi connectivity index (χ4n) is 3.14. The average Bonchev–Trinajstić information content (AvgIpc) is 2.58. The summed E-state index contributed by atoms with van der Waals surface area (Å²) in [6.45, 7) is 1.91. The van der Waals surface area contributed by atoms with E-state index in [1.54, 1.807) is 24.3 Å². The Labute approximate surface area is 143 Å². The molecule has 0 aliphatic heterocycles. The number of hydrogen-bond acceptors (Lipinski definition) is 4. The lowest BCUT2D eigenvalue weighted by Gasteiger charge is -2.36. The van der Waals surface area contributed by atoms with Crippen molar-refractivity contribution in [2.75, 3.05) is 0 Å². The molecule has 1 aliphatic rings. The molecule has 0 saturated heterocycles. The van der Waals surface area contributed by atoms with Crippen molar-refractivity contribution in [3.63, 3.8) is 0 Å². The zero-order valence-corrected chi connectivity index (χ0v) is 14.5. The largest absolute Gasteiger partial charge is 0.385 e. The highest BCUT2D eigenvalue weighted by molar-refractivity contribution is 7.86. The van der Waals surface area contributed by atoms with Crippen LogP contribution in [0.4, 0.5) is 0 Å². The fraction of sp³-hybridized carbons (Fsp3) is 0.368. The Hall–Kier alpha value is -1.69. The summed E-state index contributed by atoms with van der Waals surface area (Å²) in [6.07, 6.45) is 1.61. The van der Waals surface area contributed by atoms with E-state index in [2.05, 4.69) is 0 Å². The Morgan fingerprint density at radius 2 is 1.58 bits per heavy atom. The molecule has 0 heterocycles. The van der Waals surface area contributed by atoms with Gasteiger partial charge in [0, 0.05) is 0 Å². The molecule has 0 atom stereocenters. The molecular weight excluding hydrogens is 324 g/mol. The molecule has 0 radical (unpaired) electrons. The number of hydrogen-bond donors (Lipinski definition) is 1. The maximum atomic E-state index is 12.4. The second kappa shape index (κ2) is 6.67. The Balaban J connectivity index is 1.66. The first-order chi connectivity index (χ1) is 11.4. The van der Waals surface area contributed by atoms with Gasteiger partial charge in [-0.05, 0) is 50.3 Å². The van der Waals surface area contributed by atoms with E-state index in [0.29, 0.717) is 25.7 Å². The van der Waals surface area contributed by atoms with Gasteiger partial charge in [-0.2, -0.15) is 8.42 Å². The molecule has 1 aliphatic carbocycles. The minimum atomic E-state index is -3.76. The summed E-state index contributed by atoms with van der Waals surface area (Å²) in [5.41, 5.74) is 0.985. The summed E-state index contributed by atoms with van der Waals surface area (Å²) in [4.78, 5) is 0.178. The minimum absolute atomic E-state index is 0.178. The molecule has 0 aromatic heterocycles. The van der Waals surface area contributed by atoms with Crippen LogP contribution >= 0.6 is 0 Å². The van der Waals surface area contributed by atoms with Crippen molar-refractivity contribution < 1.29 is 17.7 Å². The van der Waals surface area contributed by atoms with Gasteiger partial charge in [0.1, 0.15) is 0 Å². The average molecular weight is 346 g/mol. The standard InChI is InChI=1S/C19H22O4S/c1-15-7-9-18(10-8-15)24(21,22)23-17-11-13-19(20,14-12-17)16-5-3-2-4-6-16/h2-10,17,20H,11-14H2,1H3. The Bertz CT molecular complexity index is 774. The van der Waals surface area contributed by atoms with Gasteiger partial charge in [-0.15, -0.1) is 0 Å². The first-order valence-electron chi connectivity index (χ1n) is 8.17. The van der Waals surface area contributed by atoms with Crippen molar-refractivity contribution in [2.24, 2.45) is 0 Å². The summed E-state index contributed by atoms with van der Waals surface area (Å²) in [5.74, 6) is 0. The second-order valence-electron chi connectivity index (χ2n) is 6.46. The Morgan fingerprint density at radius 3 is 2.17 bits per heavy atom. The molecule has 4 nitrogen and oxygen atoms in total. The lowest BCUT2D eigenvalue weighted by atomic mass is 9.79. The minimum Gasteiger partial charge on any atom is -0.385 e. The van der Waals surface area contributed by atoms with Crippen LogP contribution in [0.15, 0.2) is 59.5 Å². The van der Waals surface area contributed by atoms with Crippen LogP contribution in [0.1, 0.15) is 36.8 Å². The first kappa shape index (κ1) is 17.1. The molecule has 5 heteroatoms. The predicted molar refractivity (Wildman–Crippen MR) is 92.0 cm³/mol. The first-order valence-corrected chi connectivity index (χ1v) is 9.58. The van der Waals surface area contributed by atoms with Crippen LogP contribution in [-0.2, 0) is 19.9 Å². The van der Waals surface area contributed by atoms with Crippen LogP contribution < -0.4 is 0 Å². The van der Waals surface area contributed by atoms with Crippen molar-refractivity contribution in [1.29, 1.82) is 0 Å². The molecule has 3 rings (SSSR count). The van der Waals surface area contributed by atoms with Gasteiger partial charge in [-0.1, -0.05) is 48.0 Å². The molecule has 128 valence electrons. The Morgan fingerprint density at radius 1 is 1.00 bits per heavy atom. The van der Waals surface area contributed by atoms with Crippen LogP contribution in [0.5, 0.6) is 0 Å². The molecule has 1 fully saturated rings. The smallest absolute Gasteiger partial charge is 0.297 e. The number of benzene rings is 2. The van der Waals surface area contributed by atoms with Crippen LogP contribution in [0.3, 0.4) is 0 Å². The molecule has 0 spiro atoms. The van der Waals surface area contributed by atoms with Crippen LogP contribution in [0.25, 0.3) is 0 Å². The fourth-order valence-corrected chi connectivity index (χ4v) is 4.27. The Kier molecular flexibility index (Phi) is 4.76. The van der Waals surface area contributed by atoms with Gasteiger partial charge < -0.3 is 5.11 Å². The van der Waals surface area contributed by atoms with E-state index in [0.717, 1.165) is 11.1 Å². The summed E-state index contributed by atoms with van der Waals surface area (Å²) >= 11 is 0. The highest BCUT2D eigenvalue weighted by atomic mass is 32.2. The van der Waals surface area contributed by atoms with E-state index in [9.17, 15) is 13.5 Å². The third-order valence-corrected chi connectivity index (χ3v) is 6.02. The predicted octanol–water partition coefficient (Wildman–Crippen LogP) is 3.53. The van der Waals surface area contributed by atoms with Crippen LogP contribution in [-0.4, -0.2) is 19.6 Å². The van der Waals surface area contributed by atoms with Crippen molar-refractivity contribution in [1.82, 2.24) is 0 Å². The zero-order chi connectivity index (χ0) is 17.2. The quantitative estimate of drug-likeness (QED) is 0.860. The van der Waals surface area contributed by atoms with E-state index < -0.39 is 15.7 Å². The normalized spacial score (nSPS) is 24.7. The molecule has 24 heavy (non-hydrogen) atoms. The van der Waals surface area contributed by atoms with Crippen LogP contribution in [0.2, 0.25) is 0 Å². The molecular formula is C19H22O4S. The van der Waals surface area contributed by atoms with E-state index >= 15 is 0 Å². The highest BCUT2D eigenvalue weighted by Crippen LogP contribution is 2.38. The third-order valence-electron chi connectivity index (χ3n) is 4.64. The van der Waals surface area contributed by atoms with E-state index in [-0.39, 0.29) is 11.0 Å². The van der Waals surface area contributed by atoms with Crippen molar-refractivity contribution >= 4 is 10.1 Å². The van der Waals surface area contributed by atoms with Gasteiger partial charge >= 0.3 is 0 Å². The van der Waals surface area contributed by atoms with Gasteiger partial charge in [-0.25, -0.2) is 0 Å². The zero-order valence-electron chi connectivity index (χ0n) is 13.7. The SMILES string of the molecule is Cc1ccc(S(=O)(=O)OC2CCC(O)(c3ccccc3)CC2)cc1. The molecule has 1 saturated carbocycles. The summed E-state index contributed by atoms with van der Waals surface area (Å²) in [7, 11) is -3.76. The highest BCUT2D eigenvalue weighted by Gasteiger charge is 2.36. The lowest BCUT2D eigenvalue weighted by Crippen LogP contribution is -2.35. The van der Waals surface area contributed by atoms with E-state index in [4.69, 9.17) is 4.18 Å². The second-order valence-corrected chi connectivity index (χ2v) is 8.03. The van der Waals surface area contributed by atoms with Gasteiger partial charge in [0.15, 0.2) is 0 Å². The maximum Gasteiger partial charge on any atom is 0.297 e. The van der Waals surface area contributed by atoms with Crippen LogP contribution in [0, 0.1) is 6.92 Å². The van der Waals surface area contributed by atoms with E-state index in [1.165, 1.54) is 0 Å². The van der Waals surface area contributed by atoms with Gasteiger partial charge in [0.05, 0.1) is 16.6 Å². The molecule has 1 N–H and O–H groups in total. The van der Waals surface area contributed by atoms with E-state index in [1.807, 2.05) is 37.3 Å². The van der Waals surface area contributed by atoms with Gasteiger partial charge in [0.2, 0.25) is 0 Å². The summed E-state index contributed by atoms with van der Waals surface area (Å²) in [6, 6.07) is 16.2. The molecule has 0 bridgehead atoms. The van der Waals surface area contributed by atoms with Gasteiger partial charge in [-0.3, -0.25) is 4.18 Å². The van der Waals surface area contributed by atoms with Crippen molar-refractivity contribution in [3.8, 4) is 0 Å². The molecule has 2 aromatic rings. The topological polar surface area (TPSA) is 63.6 Å². The lowest BCUT2D eigenvalue weighted by molar-refractivity contribution is -0.0291. The number of aliphatic hydroxyl groups is 1.